The summed E-state index contributed by atoms with van der Waals surface area (Å²) in [5, 5.41) is 0.679. The van der Waals surface area contributed by atoms with Crippen LogP contribution in [-0.2, 0) is 6.54 Å². The number of carbonyl (C=O) groups excluding carboxylic acids is 1. The Morgan fingerprint density at radius 2 is 1.75 bits per heavy atom. The molecule has 3 aromatic carbocycles. The lowest BCUT2D eigenvalue weighted by atomic mass is 9.82. The number of halogens is 2. The Morgan fingerprint density at radius 1 is 1.09 bits per heavy atom. The SMILES string of the molecule is CN(C(=O)Oc1ccc(F)cc1)[C@@]1(C)CN(Cc2ccccc2)C[C@@H]1c1ccc(Cl)cc1. The first-order valence-electron chi connectivity index (χ1n) is 10.6. The zero-order valence-electron chi connectivity index (χ0n) is 18.2. The quantitative estimate of drug-likeness (QED) is 0.478. The van der Waals surface area contributed by atoms with Crippen LogP contribution >= 0.6 is 11.6 Å². The maximum absolute atomic E-state index is 13.2. The topological polar surface area (TPSA) is 32.8 Å². The second-order valence-corrected chi connectivity index (χ2v) is 8.93. The molecule has 32 heavy (non-hydrogen) atoms. The maximum atomic E-state index is 13.2. The monoisotopic (exact) mass is 452 g/mol. The van der Waals surface area contributed by atoms with E-state index in [0.29, 0.717) is 17.3 Å². The van der Waals surface area contributed by atoms with Gasteiger partial charge in [0.2, 0.25) is 0 Å². The molecule has 1 amide bonds. The van der Waals surface area contributed by atoms with E-state index in [1.807, 2.05) is 42.5 Å². The molecule has 4 rings (SSSR count). The van der Waals surface area contributed by atoms with E-state index in [1.54, 1.807) is 11.9 Å². The molecule has 1 aliphatic rings. The van der Waals surface area contributed by atoms with Crippen LogP contribution in [0.3, 0.4) is 0 Å². The Balaban J connectivity index is 1.59. The number of benzene rings is 3. The van der Waals surface area contributed by atoms with Gasteiger partial charge in [0, 0.05) is 37.6 Å². The summed E-state index contributed by atoms with van der Waals surface area (Å²) in [6, 6.07) is 23.6. The highest BCUT2D eigenvalue weighted by atomic mass is 35.5. The highest BCUT2D eigenvalue weighted by Crippen LogP contribution is 2.41. The molecule has 0 aliphatic carbocycles. The van der Waals surface area contributed by atoms with Crippen LogP contribution in [0.4, 0.5) is 9.18 Å². The summed E-state index contributed by atoms with van der Waals surface area (Å²) in [5.41, 5.74) is 1.83. The average molecular weight is 453 g/mol. The fourth-order valence-electron chi connectivity index (χ4n) is 4.42. The van der Waals surface area contributed by atoms with Crippen molar-refractivity contribution in [3.63, 3.8) is 0 Å². The van der Waals surface area contributed by atoms with Gasteiger partial charge in [-0.15, -0.1) is 0 Å². The number of ether oxygens (including phenoxy) is 1. The molecule has 2 atom stereocenters. The van der Waals surface area contributed by atoms with Gasteiger partial charge in [-0.1, -0.05) is 54.1 Å². The predicted molar refractivity (Wildman–Crippen MR) is 125 cm³/mol. The highest BCUT2D eigenvalue weighted by molar-refractivity contribution is 6.30. The molecule has 0 N–H and O–H groups in total. The van der Waals surface area contributed by atoms with Crippen molar-refractivity contribution < 1.29 is 13.9 Å². The minimum Gasteiger partial charge on any atom is -0.410 e. The number of hydrogen-bond acceptors (Lipinski definition) is 3. The third-order valence-corrected chi connectivity index (χ3v) is 6.57. The van der Waals surface area contributed by atoms with Gasteiger partial charge < -0.3 is 9.64 Å². The van der Waals surface area contributed by atoms with Crippen LogP contribution in [0.15, 0.2) is 78.9 Å². The van der Waals surface area contributed by atoms with E-state index in [2.05, 4.69) is 24.0 Å². The number of amides is 1. The van der Waals surface area contributed by atoms with Crippen molar-refractivity contribution in [2.24, 2.45) is 0 Å². The van der Waals surface area contributed by atoms with Crippen LogP contribution in [0.5, 0.6) is 5.75 Å². The first kappa shape index (κ1) is 22.3. The van der Waals surface area contributed by atoms with E-state index >= 15 is 0 Å². The van der Waals surface area contributed by atoms with E-state index in [9.17, 15) is 9.18 Å². The summed E-state index contributed by atoms with van der Waals surface area (Å²) >= 11 is 6.12. The molecule has 4 nitrogen and oxygen atoms in total. The minimum absolute atomic E-state index is 0.0641. The van der Waals surface area contributed by atoms with Crippen molar-refractivity contribution in [1.29, 1.82) is 0 Å². The lowest BCUT2D eigenvalue weighted by Gasteiger charge is -2.39. The van der Waals surface area contributed by atoms with Crippen molar-refractivity contribution in [3.05, 3.63) is 101 Å². The molecular weight excluding hydrogens is 427 g/mol. The van der Waals surface area contributed by atoms with Gasteiger partial charge in [-0.2, -0.15) is 0 Å². The fourth-order valence-corrected chi connectivity index (χ4v) is 4.55. The van der Waals surface area contributed by atoms with Crippen LogP contribution in [0, 0.1) is 5.82 Å². The number of hydrogen-bond donors (Lipinski definition) is 0. The summed E-state index contributed by atoms with van der Waals surface area (Å²) in [6.07, 6.45) is -0.473. The molecule has 0 bridgehead atoms. The fraction of sp³-hybridized carbons (Fsp3) is 0.269. The second kappa shape index (κ2) is 9.31. The van der Waals surface area contributed by atoms with E-state index in [1.165, 1.54) is 29.8 Å². The first-order chi connectivity index (χ1) is 15.3. The lowest BCUT2D eigenvalue weighted by molar-refractivity contribution is 0.103. The first-order valence-corrected chi connectivity index (χ1v) is 11.0. The van der Waals surface area contributed by atoms with Crippen molar-refractivity contribution in [3.8, 4) is 5.75 Å². The zero-order valence-corrected chi connectivity index (χ0v) is 18.9. The van der Waals surface area contributed by atoms with Gasteiger partial charge in [0.05, 0.1) is 5.54 Å². The van der Waals surface area contributed by atoms with Crippen LogP contribution in [0.25, 0.3) is 0 Å². The zero-order chi connectivity index (χ0) is 22.7. The molecule has 6 heteroatoms. The average Bonchev–Trinajstić information content (AvgIpc) is 3.13. The van der Waals surface area contributed by atoms with Gasteiger partial charge in [0.1, 0.15) is 11.6 Å². The lowest BCUT2D eigenvalue weighted by Crippen LogP contribution is -2.53. The van der Waals surface area contributed by atoms with E-state index < -0.39 is 11.6 Å². The van der Waals surface area contributed by atoms with E-state index in [-0.39, 0.29) is 11.7 Å². The molecule has 1 aliphatic heterocycles. The number of carbonyl (C=O) groups is 1. The van der Waals surface area contributed by atoms with Crippen molar-refractivity contribution in [2.75, 3.05) is 20.1 Å². The Labute approximate surface area is 193 Å². The molecule has 0 radical (unpaired) electrons. The maximum Gasteiger partial charge on any atom is 0.415 e. The van der Waals surface area contributed by atoms with Gasteiger partial charge >= 0.3 is 6.09 Å². The van der Waals surface area contributed by atoms with Crippen LogP contribution < -0.4 is 4.74 Å². The largest absolute Gasteiger partial charge is 0.415 e. The predicted octanol–water partition coefficient (Wildman–Crippen LogP) is 5.97. The van der Waals surface area contributed by atoms with Crippen molar-refractivity contribution in [2.45, 2.75) is 24.9 Å². The van der Waals surface area contributed by atoms with Crippen molar-refractivity contribution in [1.82, 2.24) is 9.80 Å². The molecule has 1 fully saturated rings. The van der Waals surface area contributed by atoms with E-state index in [0.717, 1.165) is 18.7 Å². The van der Waals surface area contributed by atoms with Crippen LogP contribution in [0.2, 0.25) is 5.02 Å². The van der Waals surface area contributed by atoms with Crippen LogP contribution in [0.1, 0.15) is 24.0 Å². The Hall–Kier alpha value is -2.89. The van der Waals surface area contributed by atoms with Gasteiger partial charge in [0.25, 0.3) is 0 Å². The number of nitrogens with zero attached hydrogens (tertiary/aromatic N) is 2. The highest BCUT2D eigenvalue weighted by Gasteiger charge is 2.48. The molecule has 1 heterocycles. The number of likely N-dealkylation sites (N-methyl/N-ethyl adjacent to an activating group) is 1. The van der Waals surface area contributed by atoms with Gasteiger partial charge in [-0.25, -0.2) is 9.18 Å². The third kappa shape index (κ3) is 4.79. The van der Waals surface area contributed by atoms with Gasteiger partial charge in [-0.3, -0.25) is 4.90 Å². The van der Waals surface area contributed by atoms with Gasteiger partial charge in [-0.05, 0) is 54.4 Å². The molecule has 3 aromatic rings. The smallest absolute Gasteiger partial charge is 0.410 e. The summed E-state index contributed by atoms with van der Waals surface area (Å²) in [7, 11) is 1.76. The Morgan fingerprint density at radius 3 is 2.41 bits per heavy atom. The molecule has 1 saturated heterocycles. The standard InChI is InChI=1S/C26H26ClFN2O2/c1-26(29(2)25(31)32-23-14-12-22(28)13-15-23)18-30(16-19-6-4-3-5-7-19)17-24(26)20-8-10-21(27)11-9-20/h3-15,24H,16-18H2,1-2H3/t24-,26+/m1/s1. The van der Waals surface area contributed by atoms with Gasteiger partial charge in [0.15, 0.2) is 0 Å². The Bertz CT molecular complexity index is 1060. The Kier molecular flexibility index (Phi) is 6.49. The molecular formula is C26H26ClFN2O2. The normalized spacial score (nSPS) is 20.8. The third-order valence-electron chi connectivity index (χ3n) is 6.32. The summed E-state index contributed by atoms with van der Waals surface area (Å²) < 4.78 is 18.8. The van der Waals surface area contributed by atoms with Crippen molar-refractivity contribution >= 4 is 17.7 Å². The molecule has 0 unspecified atom stereocenters. The van der Waals surface area contributed by atoms with E-state index in [4.69, 9.17) is 16.3 Å². The number of likely N-dealkylation sites (tertiary alicyclic amines) is 1. The molecule has 0 spiro atoms. The molecule has 0 aromatic heterocycles. The molecule has 166 valence electrons. The summed E-state index contributed by atoms with van der Waals surface area (Å²) in [4.78, 5) is 17.1. The minimum atomic E-state index is -0.514. The summed E-state index contributed by atoms with van der Waals surface area (Å²) in [5.74, 6) is 0.00328. The summed E-state index contributed by atoms with van der Waals surface area (Å²) in [6.45, 7) is 4.36. The second-order valence-electron chi connectivity index (χ2n) is 8.50. The molecule has 0 saturated carbocycles. The van der Waals surface area contributed by atoms with Crippen LogP contribution in [-0.4, -0.2) is 41.6 Å². The number of rotatable bonds is 5.